The van der Waals surface area contributed by atoms with Crippen molar-refractivity contribution in [2.24, 2.45) is 11.3 Å². The van der Waals surface area contributed by atoms with Crippen molar-refractivity contribution in [1.82, 2.24) is 9.80 Å². The molecule has 2 saturated heterocycles. The van der Waals surface area contributed by atoms with E-state index in [4.69, 9.17) is 4.74 Å². The minimum Gasteiger partial charge on any atom is -0.494 e. The summed E-state index contributed by atoms with van der Waals surface area (Å²) in [6, 6.07) is 8.32. The lowest BCUT2D eigenvalue weighted by Gasteiger charge is -2.42. The zero-order chi connectivity index (χ0) is 17.9. The van der Waals surface area contributed by atoms with Crippen molar-refractivity contribution >= 4 is 5.91 Å². The average Bonchev–Trinajstić information content (AvgIpc) is 2.98. The molecule has 3 rings (SSSR count). The van der Waals surface area contributed by atoms with Crippen molar-refractivity contribution in [3.63, 3.8) is 0 Å². The summed E-state index contributed by atoms with van der Waals surface area (Å²) in [5.41, 5.74) is 1.10. The molecule has 5 heteroatoms. The van der Waals surface area contributed by atoms with Crippen LogP contribution in [0.25, 0.3) is 0 Å². The molecule has 0 spiro atoms. The van der Waals surface area contributed by atoms with Crippen molar-refractivity contribution in [1.29, 1.82) is 0 Å². The van der Waals surface area contributed by atoms with E-state index in [-0.39, 0.29) is 17.9 Å². The first-order valence-electron chi connectivity index (χ1n) is 9.37. The molecule has 2 heterocycles. The normalized spacial score (nSPS) is 26.5. The number of amides is 1. The number of carbonyl (C=O) groups is 1. The number of aliphatic hydroxyl groups is 1. The second kappa shape index (κ2) is 7.75. The topological polar surface area (TPSA) is 53.0 Å². The second-order valence-electron chi connectivity index (χ2n) is 7.61. The molecule has 0 aromatic heterocycles. The van der Waals surface area contributed by atoms with Crippen LogP contribution in [0.3, 0.4) is 0 Å². The highest BCUT2D eigenvalue weighted by molar-refractivity contribution is 5.73. The lowest BCUT2D eigenvalue weighted by molar-refractivity contribution is -0.134. The molecule has 1 N–H and O–H groups in total. The summed E-state index contributed by atoms with van der Waals surface area (Å²) in [6.45, 7) is 8.87. The predicted molar refractivity (Wildman–Crippen MR) is 97.4 cm³/mol. The maximum absolute atomic E-state index is 11.7. The first-order valence-corrected chi connectivity index (χ1v) is 9.37. The molecule has 1 amide bonds. The number of piperidine rings is 1. The highest BCUT2D eigenvalue weighted by atomic mass is 16.5. The highest BCUT2D eigenvalue weighted by Gasteiger charge is 2.49. The van der Waals surface area contributed by atoms with Gasteiger partial charge in [-0.3, -0.25) is 9.69 Å². The number of ether oxygens (including phenoxy) is 1. The van der Waals surface area contributed by atoms with Gasteiger partial charge in [0.2, 0.25) is 5.91 Å². The number of rotatable bonds is 6. The SMILES string of the molecule is CCCOc1ccc(CN2C[C@@H]3CCN(C(C)=O)C[C@]3(CO)C2)cc1. The summed E-state index contributed by atoms with van der Waals surface area (Å²) >= 11 is 0. The number of hydrogen-bond acceptors (Lipinski definition) is 4. The summed E-state index contributed by atoms with van der Waals surface area (Å²) in [5.74, 6) is 1.51. The van der Waals surface area contributed by atoms with Crippen LogP contribution in [-0.2, 0) is 11.3 Å². The van der Waals surface area contributed by atoms with Crippen molar-refractivity contribution in [2.75, 3.05) is 39.4 Å². The molecular weight excluding hydrogens is 316 g/mol. The Bertz CT molecular complexity index is 589. The number of hydrogen-bond donors (Lipinski definition) is 1. The van der Waals surface area contributed by atoms with Crippen LogP contribution in [0.1, 0.15) is 32.3 Å². The molecule has 0 saturated carbocycles. The van der Waals surface area contributed by atoms with Gasteiger partial charge in [-0.2, -0.15) is 0 Å². The van der Waals surface area contributed by atoms with Gasteiger partial charge in [0.25, 0.3) is 0 Å². The Morgan fingerprint density at radius 2 is 2.08 bits per heavy atom. The number of nitrogens with zero attached hydrogens (tertiary/aromatic N) is 2. The van der Waals surface area contributed by atoms with Crippen LogP contribution in [0, 0.1) is 11.3 Å². The zero-order valence-electron chi connectivity index (χ0n) is 15.4. The zero-order valence-corrected chi connectivity index (χ0v) is 15.4. The third kappa shape index (κ3) is 3.98. The number of fused-ring (bicyclic) bond motifs is 1. The summed E-state index contributed by atoms with van der Waals surface area (Å²) in [7, 11) is 0. The van der Waals surface area contributed by atoms with E-state index in [2.05, 4.69) is 24.0 Å². The quantitative estimate of drug-likeness (QED) is 0.857. The van der Waals surface area contributed by atoms with Gasteiger partial charge in [-0.15, -0.1) is 0 Å². The van der Waals surface area contributed by atoms with Gasteiger partial charge in [0.15, 0.2) is 0 Å². The molecule has 5 nitrogen and oxygen atoms in total. The van der Waals surface area contributed by atoms with Crippen LogP contribution in [0.5, 0.6) is 5.75 Å². The number of aliphatic hydroxyl groups excluding tert-OH is 1. The van der Waals surface area contributed by atoms with Crippen molar-refractivity contribution in [3.05, 3.63) is 29.8 Å². The standard InChI is InChI=1S/C20H30N2O3/c1-3-10-25-19-6-4-17(5-7-19)11-21-12-18-8-9-22(16(2)24)14-20(18,13-21)15-23/h4-7,18,23H,3,8-15H2,1-2H3/t18-,20-/m0/s1. The third-order valence-corrected chi connectivity index (χ3v) is 5.70. The van der Waals surface area contributed by atoms with E-state index in [1.807, 2.05) is 17.0 Å². The van der Waals surface area contributed by atoms with E-state index in [0.29, 0.717) is 12.5 Å². The summed E-state index contributed by atoms with van der Waals surface area (Å²) < 4.78 is 5.64. The van der Waals surface area contributed by atoms with Gasteiger partial charge in [0, 0.05) is 45.1 Å². The maximum atomic E-state index is 11.7. The minimum absolute atomic E-state index is 0.118. The molecule has 1 aromatic rings. The Hall–Kier alpha value is -1.59. The molecular formula is C20H30N2O3. The molecule has 2 fully saturated rings. The fourth-order valence-corrected chi connectivity index (χ4v) is 4.28. The number of carbonyl (C=O) groups excluding carboxylic acids is 1. The first-order chi connectivity index (χ1) is 12.1. The van der Waals surface area contributed by atoms with Crippen LogP contribution in [-0.4, -0.2) is 60.2 Å². The molecule has 2 aliphatic heterocycles. The van der Waals surface area contributed by atoms with Crippen molar-refractivity contribution in [3.8, 4) is 5.75 Å². The van der Waals surface area contributed by atoms with E-state index in [9.17, 15) is 9.90 Å². The molecule has 0 unspecified atom stereocenters. The van der Waals surface area contributed by atoms with E-state index >= 15 is 0 Å². The first kappa shape index (κ1) is 18.2. The van der Waals surface area contributed by atoms with E-state index in [0.717, 1.165) is 51.4 Å². The second-order valence-corrected chi connectivity index (χ2v) is 7.61. The fourth-order valence-electron chi connectivity index (χ4n) is 4.28. The molecule has 2 aliphatic rings. The van der Waals surface area contributed by atoms with Crippen LogP contribution >= 0.6 is 0 Å². The molecule has 2 atom stereocenters. The Morgan fingerprint density at radius 3 is 2.72 bits per heavy atom. The monoisotopic (exact) mass is 346 g/mol. The van der Waals surface area contributed by atoms with Crippen molar-refractivity contribution < 1.29 is 14.6 Å². The molecule has 25 heavy (non-hydrogen) atoms. The Balaban J connectivity index is 1.62. The van der Waals surface area contributed by atoms with Crippen LogP contribution < -0.4 is 4.74 Å². The molecule has 0 aliphatic carbocycles. The highest BCUT2D eigenvalue weighted by Crippen LogP contribution is 2.42. The maximum Gasteiger partial charge on any atom is 0.219 e. The number of likely N-dealkylation sites (tertiary alicyclic amines) is 2. The van der Waals surface area contributed by atoms with Crippen LogP contribution in [0.15, 0.2) is 24.3 Å². The van der Waals surface area contributed by atoms with Gasteiger partial charge in [-0.1, -0.05) is 19.1 Å². The third-order valence-electron chi connectivity index (χ3n) is 5.70. The fraction of sp³-hybridized carbons (Fsp3) is 0.650. The van der Waals surface area contributed by atoms with E-state index in [1.165, 1.54) is 5.56 Å². The lowest BCUT2D eigenvalue weighted by Crippen LogP contribution is -2.52. The van der Waals surface area contributed by atoms with Gasteiger partial charge in [0.05, 0.1) is 13.2 Å². The Kier molecular flexibility index (Phi) is 5.64. The minimum atomic E-state index is -0.159. The van der Waals surface area contributed by atoms with Crippen molar-refractivity contribution in [2.45, 2.75) is 33.2 Å². The van der Waals surface area contributed by atoms with E-state index in [1.54, 1.807) is 6.92 Å². The van der Waals surface area contributed by atoms with Crippen LogP contribution in [0.2, 0.25) is 0 Å². The predicted octanol–water partition coefficient (Wildman–Crippen LogP) is 2.14. The van der Waals surface area contributed by atoms with Gasteiger partial charge < -0.3 is 14.7 Å². The largest absolute Gasteiger partial charge is 0.494 e. The Labute approximate surface area is 150 Å². The molecule has 138 valence electrons. The van der Waals surface area contributed by atoms with Gasteiger partial charge in [0.1, 0.15) is 5.75 Å². The smallest absolute Gasteiger partial charge is 0.219 e. The summed E-state index contributed by atoms with van der Waals surface area (Å²) in [6.07, 6.45) is 2.00. The van der Waals surface area contributed by atoms with Gasteiger partial charge in [-0.25, -0.2) is 0 Å². The average molecular weight is 346 g/mol. The Morgan fingerprint density at radius 1 is 1.32 bits per heavy atom. The molecule has 0 radical (unpaired) electrons. The van der Waals surface area contributed by atoms with Gasteiger partial charge >= 0.3 is 0 Å². The molecule has 1 aromatic carbocycles. The van der Waals surface area contributed by atoms with Gasteiger partial charge in [-0.05, 0) is 36.5 Å². The lowest BCUT2D eigenvalue weighted by atomic mass is 9.74. The van der Waals surface area contributed by atoms with Crippen LogP contribution in [0.4, 0.5) is 0 Å². The summed E-state index contributed by atoms with van der Waals surface area (Å²) in [4.78, 5) is 16.1. The number of benzene rings is 1. The van der Waals surface area contributed by atoms with E-state index < -0.39 is 0 Å². The molecule has 0 bridgehead atoms. The summed E-state index contributed by atoms with van der Waals surface area (Å²) in [5, 5.41) is 10.1.